The molecule has 0 radical (unpaired) electrons. The molecule has 1 aliphatic rings. The monoisotopic (exact) mass is 237 g/mol. The molecule has 0 saturated carbocycles. The number of nitrogens with zero attached hydrogens (tertiary/aromatic N) is 1. The summed E-state index contributed by atoms with van der Waals surface area (Å²) in [7, 11) is 0. The van der Waals surface area contributed by atoms with E-state index in [4.69, 9.17) is 4.74 Å². The van der Waals surface area contributed by atoms with Gasteiger partial charge in [-0.05, 0) is 18.4 Å². The number of alkyl halides is 1. The van der Waals surface area contributed by atoms with E-state index in [1.165, 1.54) is 5.56 Å². The SMILES string of the molecule is FCC(CCc1ccccc1)N1CCOCC1. The molecular weight excluding hydrogens is 217 g/mol. The Morgan fingerprint density at radius 1 is 1.18 bits per heavy atom. The van der Waals surface area contributed by atoms with Crippen molar-refractivity contribution in [2.45, 2.75) is 18.9 Å². The van der Waals surface area contributed by atoms with Gasteiger partial charge in [-0.1, -0.05) is 30.3 Å². The van der Waals surface area contributed by atoms with Crippen LogP contribution in [0.3, 0.4) is 0 Å². The predicted molar refractivity (Wildman–Crippen MR) is 66.9 cm³/mol. The third kappa shape index (κ3) is 3.79. The fraction of sp³-hybridized carbons (Fsp3) is 0.571. The quantitative estimate of drug-likeness (QED) is 0.779. The van der Waals surface area contributed by atoms with E-state index < -0.39 is 0 Å². The van der Waals surface area contributed by atoms with Gasteiger partial charge in [0, 0.05) is 19.1 Å². The molecule has 0 bridgehead atoms. The van der Waals surface area contributed by atoms with Gasteiger partial charge in [0.2, 0.25) is 0 Å². The summed E-state index contributed by atoms with van der Waals surface area (Å²) >= 11 is 0. The highest BCUT2D eigenvalue weighted by atomic mass is 19.1. The summed E-state index contributed by atoms with van der Waals surface area (Å²) in [5.74, 6) is 0. The lowest BCUT2D eigenvalue weighted by Gasteiger charge is -2.33. The van der Waals surface area contributed by atoms with Crippen LogP contribution in [0.25, 0.3) is 0 Å². The maximum absolute atomic E-state index is 13.1. The predicted octanol–water partition coefficient (Wildman–Crippen LogP) is 2.29. The van der Waals surface area contributed by atoms with Crippen LogP contribution in [0.2, 0.25) is 0 Å². The first kappa shape index (κ1) is 12.5. The summed E-state index contributed by atoms with van der Waals surface area (Å²) < 4.78 is 18.4. The van der Waals surface area contributed by atoms with Gasteiger partial charge in [-0.3, -0.25) is 4.90 Å². The lowest BCUT2D eigenvalue weighted by Crippen LogP contribution is -2.44. The van der Waals surface area contributed by atoms with Crippen molar-refractivity contribution in [2.75, 3.05) is 33.0 Å². The van der Waals surface area contributed by atoms with Crippen molar-refractivity contribution in [3.8, 4) is 0 Å². The number of aryl methyl sites for hydroxylation is 1. The van der Waals surface area contributed by atoms with Crippen molar-refractivity contribution in [1.29, 1.82) is 0 Å². The molecule has 1 saturated heterocycles. The first-order valence-electron chi connectivity index (χ1n) is 6.32. The smallest absolute Gasteiger partial charge is 0.105 e. The Morgan fingerprint density at radius 2 is 1.88 bits per heavy atom. The normalized spacial score (nSPS) is 19.1. The molecule has 1 aromatic rings. The van der Waals surface area contributed by atoms with Gasteiger partial charge in [-0.2, -0.15) is 0 Å². The molecule has 0 aromatic heterocycles. The molecule has 17 heavy (non-hydrogen) atoms. The zero-order valence-electron chi connectivity index (χ0n) is 10.1. The largest absolute Gasteiger partial charge is 0.379 e. The van der Waals surface area contributed by atoms with E-state index in [9.17, 15) is 4.39 Å². The van der Waals surface area contributed by atoms with Gasteiger partial charge in [-0.25, -0.2) is 4.39 Å². The molecule has 94 valence electrons. The highest BCUT2D eigenvalue weighted by Crippen LogP contribution is 2.12. The molecule has 2 nitrogen and oxygen atoms in total. The second kappa shape index (κ2) is 6.72. The Balaban J connectivity index is 1.82. The molecule has 2 rings (SSSR count). The van der Waals surface area contributed by atoms with E-state index in [0.717, 1.165) is 39.1 Å². The average Bonchev–Trinajstić information content (AvgIpc) is 2.42. The molecule has 1 fully saturated rings. The van der Waals surface area contributed by atoms with Gasteiger partial charge in [0.05, 0.1) is 13.2 Å². The summed E-state index contributed by atoms with van der Waals surface area (Å²) in [6.45, 7) is 2.95. The summed E-state index contributed by atoms with van der Waals surface area (Å²) in [5.41, 5.74) is 1.29. The topological polar surface area (TPSA) is 12.5 Å². The Hall–Kier alpha value is -0.930. The Labute approximate surface area is 102 Å². The first-order valence-corrected chi connectivity index (χ1v) is 6.32. The van der Waals surface area contributed by atoms with Crippen molar-refractivity contribution < 1.29 is 9.13 Å². The second-order valence-corrected chi connectivity index (χ2v) is 4.48. The van der Waals surface area contributed by atoms with Gasteiger partial charge < -0.3 is 4.74 Å². The van der Waals surface area contributed by atoms with Crippen molar-refractivity contribution in [2.24, 2.45) is 0 Å². The molecule has 1 aliphatic heterocycles. The molecule has 3 heteroatoms. The number of halogens is 1. The molecule has 0 amide bonds. The molecule has 0 aliphatic carbocycles. The molecule has 0 N–H and O–H groups in total. The Morgan fingerprint density at radius 3 is 2.53 bits per heavy atom. The molecule has 0 spiro atoms. The van der Waals surface area contributed by atoms with Crippen molar-refractivity contribution in [3.63, 3.8) is 0 Å². The van der Waals surface area contributed by atoms with E-state index in [1.54, 1.807) is 0 Å². The molecule has 1 unspecified atom stereocenters. The van der Waals surface area contributed by atoms with Gasteiger partial charge in [0.1, 0.15) is 6.67 Å². The molecular formula is C14H20FNO. The van der Waals surface area contributed by atoms with Gasteiger partial charge in [0.15, 0.2) is 0 Å². The Bertz CT molecular complexity index is 311. The second-order valence-electron chi connectivity index (χ2n) is 4.48. The van der Waals surface area contributed by atoms with E-state index >= 15 is 0 Å². The molecule has 1 aromatic carbocycles. The fourth-order valence-electron chi connectivity index (χ4n) is 2.28. The maximum Gasteiger partial charge on any atom is 0.105 e. The van der Waals surface area contributed by atoms with Crippen molar-refractivity contribution in [3.05, 3.63) is 35.9 Å². The van der Waals surface area contributed by atoms with Crippen LogP contribution >= 0.6 is 0 Å². The minimum atomic E-state index is -0.257. The highest BCUT2D eigenvalue weighted by Gasteiger charge is 2.20. The number of morpholine rings is 1. The fourth-order valence-corrected chi connectivity index (χ4v) is 2.28. The summed E-state index contributed by atoms with van der Waals surface area (Å²) in [6, 6.07) is 10.4. The standard InChI is InChI=1S/C14H20FNO/c15-12-14(16-8-10-17-11-9-16)7-6-13-4-2-1-3-5-13/h1-5,14H,6-12H2. The lowest BCUT2D eigenvalue weighted by atomic mass is 10.0. The van der Waals surface area contributed by atoms with Crippen LogP contribution in [0.1, 0.15) is 12.0 Å². The third-order valence-electron chi connectivity index (χ3n) is 3.35. The zero-order chi connectivity index (χ0) is 11.9. The van der Waals surface area contributed by atoms with Gasteiger partial charge >= 0.3 is 0 Å². The number of hydrogen-bond acceptors (Lipinski definition) is 2. The molecule has 1 atom stereocenters. The van der Waals surface area contributed by atoms with Crippen molar-refractivity contribution in [1.82, 2.24) is 4.90 Å². The summed E-state index contributed by atoms with van der Waals surface area (Å²) in [4.78, 5) is 2.21. The van der Waals surface area contributed by atoms with Crippen molar-refractivity contribution >= 4 is 0 Å². The summed E-state index contributed by atoms with van der Waals surface area (Å²) in [5, 5.41) is 0. The highest BCUT2D eigenvalue weighted by molar-refractivity contribution is 5.14. The number of ether oxygens (including phenoxy) is 1. The molecule has 1 heterocycles. The minimum Gasteiger partial charge on any atom is -0.379 e. The number of hydrogen-bond donors (Lipinski definition) is 0. The zero-order valence-corrected chi connectivity index (χ0v) is 10.1. The third-order valence-corrected chi connectivity index (χ3v) is 3.35. The number of rotatable bonds is 5. The van der Waals surface area contributed by atoms with E-state index in [2.05, 4.69) is 17.0 Å². The number of benzene rings is 1. The average molecular weight is 237 g/mol. The lowest BCUT2D eigenvalue weighted by molar-refractivity contribution is 0.00951. The van der Waals surface area contributed by atoms with E-state index in [-0.39, 0.29) is 12.7 Å². The van der Waals surface area contributed by atoms with E-state index in [1.807, 2.05) is 18.2 Å². The Kier molecular flexibility index (Phi) is 4.95. The summed E-state index contributed by atoms with van der Waals surface area (Å²) in [6.07, 6.45) is 1.84. The van der Waals surface area contributed by atoms with Crippen LogP contribution in [0.15, 0.2) is 30.3 Å². The van der Waals surface area contributed by atoms with Crippen LogP contribution in [-0.2, 0) is 11.2 Å². The van der Waals surface area contributed by atoms with Crippen LogP contribution in [0.4, 0.5) is 4.39 Å². The van der Waals surface area contributed by atoms with E-state index in [0.29, 0.717) is 0 Å². The van der Waals surface area contributed by atoms with Crippen LogP contribution < -0.4 is 0 Å². The van der Waals surface area contributed by atoms with Gasteiger partial charge in [0.25, 0.3) is 0 Å². The van der Waals surface area contributed by atoms with Crippen LogP contribution in [0.5, 0.6) is 0 Å². The first-order chi connectivity index (χ1) is 8.40. The van der Waals surface area contributed by atoms with Gasteiger partial charge in [-0.15, -0.1) is 0 Å². The minimum absolute atomic E-state index is 0.0547. The van der Waals surface area contributed by atoms with Crippen LogP contribution in [-0.4, -0.2) is 43.9 Å². The van der Waals surface area contributed by atoms with Crippen LogP contribution in [0, 0.1) is 0 Å². The maximum atomic E-state index is 13.1.